The SMILES string of the molecule is CCN(CC)c1ccc(NC2=C(c3ccc(C)cc3C)C(=O)N(c3ccc(C)cc3)C2=O)cc1. The van der Waals surface area contributed by atoms with Crippen molar-refractivity contribution in [3.63, 3.8) is 0 Å². The number of benzene rings is 3. The fourth-order valence-electron chi connectivity index (χ4n) is 4.41. The Balaban J connectivity index is 1.77. The third kappa shape index (κ3) is 4.34. The quantitative estimate of drug-likeness (QED) is 0.456. The molecule has 3 aromatic carbocycles. The van der Waals surface area contributed by atoms with Crippen molar-refractivity contribution in [1.82, 2.24) is 0 Å². The fraction of sp³-hybridized carbons (Fsp3) is 0.241. The number of carbonyl (C=O) groups excluding carboxylic acids is 2. The summed E-state index contributed by atoms with van der Waals surface area (Å²) in [4.78, 5) is 30.8. The number of amides is 2. The summed E-state index contributed by atoms with van der Waals surface area (Å²) < 4.78 is 0. The summed E-state index contributed by atoms with van der Waals surface area (Å²) in [6.45, 7) is 12.1. The predicted octanol–water partition coefficient (Wildman–Crippen LogP) is 5.85. The van der Waals surface area contributed by atoms with Crippen LogP contribution in [0.4, 0.5) is 17.1 Å². The zero-order chi connectivity index (χ0) is 24.4. The number of hydrogen-bond acceptors (Lipinski definition) is 4. The first kappa shape index (κ1) is 23.3. The Morgan fingerprint density at radius 2 is 1.38 bits per heavy atom. The summed E-state index contributed by atoms with van der Waals surface area (Å²) in [6.07, 6.45) is 0. The van der Waals surface area contributed by atoms with E-state index in [-0.39, 0.29) is 11.8 Å². The topological polar surface area (TPSA) is 52.7 Å². The monoisotopic (exact) mass is 453 g/mol. The highest BCUT2D eigenvalue weighted by molar-refractivity contribution is 6.46. The molecule has 0 fully saturated rings. The summed E-state index contributed by atoms with van der Waals surface area (Å²) in [6, 6.07) is 21.3. The molecule has 0 aromatic heterocycles. The minimum absolute atomic E-state index is 0.299. The van der Waals surface area contributed by atoms with Crippen molar-refractivity contribution in [3.8, 4) is 0 Å². The molecule has 5 heteroatoms. The van der Waals surface area contributed by atoms with Crippen molar-refractivity contribution in [2.75, 3.05) is 28.2 Å². The van der Waals surface area contributed by atoms with Crippen LogP contribution in [0.5, 0.6) is 0 Å². The van der Waals surface area contributed by atoms with Crippen molar-refractivity contribution in [2.45, 2.75) is 34.6 Å². The molecule has 3 aromatic rings. The Hall–Kier alpha value is -3.86. The number of imide groups is 1. The van der Waals surface area contributed by atoms with Crippen LogP contribution in [0.15, 0.2) is 72.4 Å². The molecule has 0 atom stereocenters. The molecule has 5 nitrogen and oxygen atoms in total. The van der Waals surface area contributed by atoms with Crippen LogP contribution in [-0.4, -0.2) is 24.9 Å². The number of nitrogens with one attached hydrogen (secondary N) is 1. The normalized spacial score (nSPS) is 13.6. The van der Waals surface area contributed by atoms with Gasteiger partial charge in [-0.05, 0) is 82.1 Å². The summed E-state index contributed by atoms with van der Waals surface area (Å²) in [5.74, 6) is -0.667. The minimum Gasteiger partial charge on any atom is -0.372 e. The second kappa shape index (κ2) is 9.56. The van der Waals surface area contributed by atoms with Crippen LogP contribution in [-0.2, 0) is 9.59 Å². The molecule has 0 radical (unpaired) electrons. The van der Waals surface area contributed by atoms with Gasteiger partial charge in [0.2, 0.25) is 0 Å². The van der Waals surface area contributed by atoms with Gasteiger partial charge in [-0.2, -0.15) is 0 Å². The lowest BCUT2D eigenvalue weighted by Crippen LogP contribution is -2.32. The molecular weight excluding hydrogens is 422 g/mol. The van der Waals surface area contributed by atoms with Gasteiger partial charge in [-0.15, -0.1) is 0 Å². The van der Waals surface area contributed by atoms with Crippen molar-refractivity contribution in [1.29, 1.82) is 0 Å². The van der Waals surface area contributed by atoms with E-state index < -0.39 is 0 Å². The lowest BCUT2D eigenvalue weighted by atomic mass is 9.97. The maximum atomic E-state index is 13.7. The highest BCUT2D eigenvalue weighted by Crippen LogP contribution is 2.35. The fourth-order valence-corrected chi connectivity index (χ4v) is 4.41. The lowest BCUT2D eigenvalue weighted by molar-refractivity contribution is -0.120. The molecule has 1 aliphatic rings. The van der Waals surface area contributed by atoms with Gasteiger partial charge in [-0.1, -0.05) is 41.5 Å². The number of nitrogens with zero attached hydrogens (tertiary/aromatic N) is 2. The van der Waals surface area contributed by atoms with E-state index in [1.54, 1.807) is 0 Å². The highest BCUT2D eigenvalue weighted by atomic mass is 16.2. The Morgan fingerprint density at radius 1 is 0.765 bits per heavy atom. The molecule has 1 heterocycles. The Bertz CT molecular complexity index is 1250. The van der Waals surface area contributed by atoms with Crippen molar-refractivity contribution < 1.29 is 9.59 Å². The van der Waals surface area contributed by atoms with Crippen molar-refractivity contribution >= 4 is 34.4 Å². The van der Waals surface area contributed by atoms with Gasteiger partial charge in [-0.25, -0.2) is 4.90 Å². The van der Waals surface area contributed by atoms with Crippen molar-refractivity contribution in [2.24, 2.45) is 0 Å². The second-order valence-corrected chi connectivity index (χ2v) is 8.69. The van der Waals surface area contributed by atoms with E-state index in [0.717, 1.165) is 46.7 Å². The number of anilines is 3. The Morgan fingerprint density at radius 3 is 1.97 bits per heavy atom. The highest BCUT2D eigenvalue weighted by Gasteiger charge is 2.40. The number of carbonyl (C=O) groups is 2. The maximum Gasteiger partial charge on any atom is 0.282 e. The molecule has 0 saturated carbocycles. The van der Waals surface area contributed by atoms with Gasteiger partial charge in [0.15, 0.2) is 0 Å². The smallest absolute Gasteiger partial charge is 0.282 e. The van der Waals surface area contributed by atoms with Gasteiger partial charge in [0.25, 0.3) is 11.8 Å². The van der Waals surface area contributed by atoms with E-state index in [9.17, 15) is 9.59 Å². The standard InChI is InChI=1S/C29H31N3O2/c1-6-31(7-2)23-15-11-22(12-16-23)30-27-26(25-17-10-20(4)18-21(25)5)28(33)32(29(27)34)24-13-8-19(3)9-14-24/h8-18,30H,6-7H2,1-5H3. The van der Waals surface area contributed by atoms with E-state index in [0.29, 0.717) is 17.0 Å². The molecule has 34 heavy (non-hydrogen) atoms. The van der Waals surface area contributed by atoms with Crippen molar-refractivity contribution in [3.05, 3.63) is 94.7 Å². The molecule has 2 amide bonds. The summed E-state index contributed by atoms with van der Waals surface area (Å²) in [5.41, 5.74) is 7.04. The second-order valence-electron chi connectivity index (χ2n) is 8.69. The minimum atomic E-state index is -0.350. The average Bonchev–Trinajstić information content (AvgIpc) is 3.06. The van der Waals surface area contributed by atoms with E-state index in [1.807, 2.05) is 87.5 Å². The molecule has 1 aliphatic heterocycles. The summed E-state index contributed by atoms with van der Waals surface area (Å²) in [5, 5.41) is 3.27. The largest absolute Gasteiger partial charge is 0.372 e. The van der Waals surface area contributed by atoms with Crippen LogP contribution in [0.25, 0.3) is 5.57 Å². The Kier molecular flexibility index (Phi) is 6.55. The summed E-state index contributed by atoms with van der Waals surface area (Å²) >= 11 is 0. The maximum absolute atomic E-state index is 13.7. The van der Waals surface area contributed by atoms with Gasteiger partial charge < -0.3 is 10.2 Å². The predicted molar refractivity (Wildman–Crippen MR) is 140 cm³/mol. The van der Waals surface area contributed by atoms with E-state index in [2.05, 4.69) is 24.1 Å². The molecule has 0 saturated heterocycles. The molecular formula is C29H31N3O2. The van der Waals surface area contributed by atoms with Gasteiger partial charge in [0.1, 0.15) is 5.70 Å². The Labute approximate surface area is 201 Å². The first-order chi connectivity index (χ1) is 16.3. The van der Waals surface area contributed by atoms with E-state index in [1.165, 1.54) is 4.90 Å². The zero-order valence-electron chi connectivity index (χ0n) is 20.5. The number of aryl methyl sites for hydroxylation is 3. The molecule has 0 aliphatic carbocycles. The number of rotatable bonds is 7. The van der Waals surface area contributed by atoms with Gasteiger partial charge in [0, 0.05) is 24.5 Å². The molecule has 4 rings (SSSR count). The molecule has 174 valence electrons. The average molecular weight is 454 g/mol. The zero-order valence-corrected chi connectivity index (χ0v) is 20.5. The third-order valence-corrected chi connectivity index (χ3v) is 6.29. The first-order valence-electron chi connectivity index (χ1n) is 11.7. The number of hydrogen-bond donors (Lipinski definition) is 1. The molecule has 0 spiro atoms. The molecule has 0 bridgehead atoms. The molecule has 0 unspecified atom stereocenters. The molecule has 1 N–H and O–H groups in total. The van der Waals surface area contributed by atoms with Gasteiger partial charge in [0.05, 0.1) is 11.3 Å². The van der Waals surface area contributed by atoms with E-state index in [4.69, 9.17) is 0 Å². The van der Waals surface area contributed by atoms with Crippen LogP contribution >= 0.6 is 0 Å². The van der Waals surface area contributed by atoms with Crippen LogP contribution < -0.4 is 15.1 Å². The van der Waals surface area contributed by atoms with Gasteiger partial charge >= 0.3 is 0 Å². The lowest BCUT2D eigenvalue weighted by Gasteiger charge is -2.21. The van der Waals surface area contributed by atoms with E-state index >= 15 is 0 Å². The van der Waals surface area contributed by atoms with Crippen LogP contribution in [0.3, 0.4) is 0 Å². The van der Waals surface area contributed by atoms with Crippen LogP contribution in [0.1, 0.15) is 36.1 Å². The summed E-state index contributed by atoms with van der Waals surface area (Å²) in [7, 11) is 0. The van der Waals surface area contributed by atoms with Gasteiger partial charge in [-0.3, -0.25) is 9.59 Å². The van der Waals surface area contributed by atoms with Crippen LogP contribution in [0, 0.1) is 20.8 Å². The van der Waals surface area contributed by atoms with Crippen LogP contribution in [0.2, 0.25) is 0 Å². The third-order valence-electron chi connectivity index (χ3n) is 6.29. The first-order valence-corrected chi connectivity index (χ1v) is 11.7.